The van der Waals surface area contributed by atoms with E-state index in [0.29, 0.717) is 28.1 Å². The van der Waals surface area contributed by atoms with E-state index in [2.05, 4.69) is 243 Å². The molecule has 504 valence electrons. The molecule has 0 aliphatic rings. The Hall–Kier alpha value is -14.1. The summed E-state index contributed by atoms with van der Waals surface area (Å²) in [6.45, 7) is 0. The summed E-state index contributed by atoms with van der Waals surface area (Å²) in [6.07, 6.45) is 10.1. The zero-order valence-electron chi connectivity index (χ0n) is 57.2. The maximum Gasteiger partial charge on any atom is 0.141 e. The van der Waals surface area contributed by atoms with Crippen LogP contribution in [0.25, 0.3) is 171 Å². The fourth-order valence-corrected chi connectivity index (χ4v) is 17.6. The third-order valence-corrected chi connectivity index (χ3v) is 23.2. The van der Waals surface area contributed by atoms with Gasteiger partial charge in [-0.25, -0.2) is 15.0 Å². The second-order valence-corrected chi connectivity index (χ2v) is 29.6. The molecule has 11 aromatic heterocycles. The van der Waals surface area contributed by atoms with Gasteiger partial charge >= 0.3 is 0 Å². The van der Waals surface area contributed by atoms with Gasteiger partial charge in [0.2, 0.25) is 0 Å². The van der Waals surface area contributed by atoms with Gasteiger partial charge in [0.25, 0.3) is 0 Å². The first kappa shape index (κ1) is 67.1. The van der Waals surface area contributed by atoms with Crippen LogP contribution < -0.4 is 0 Å². The van der Waals surface area contributed by atoms with Crippen molar-refractivity contribution in [2.45, 2.75) is 0 Å². The number of nitriles is 4. The van der Waals surface area contributed by atoms with E-state index in [1.54, 1.807) is 66.6 Å². The molecule has 11 heterocycles. The first-order valence-corrected chi connectivity index (χ1v) is 37.7. The van der Waals surface area contributed by atoms with Gasteiger partial charge in [0.05, 0.1) is 68.7 Å². The zero-order valence-corrected chi connectivity index (χ0v) is 60.4. The lowest BCUT2D eigenvalue weighted by atomic mass is 10.0. The molecular weight excluding hydrogens is 1400 g/mol. The number of fused-ring (bicyclic) bond motifs is 12. The van der Waals surface area contributed by atoms with Crippen LogP contribution in [0.4, 0.5) is 0 Å². The predicted octanol–water partition coefficient (Wildman–Crippen LogP) is 24.8. The van der Waals surface area contributed by atoms with Crippen LogP contribution >= 0.6 is 45.3 Å². The number of rotatable bonds is 8. The molecule has 15 heteroatoms. The molecule has 9 aromatic carbocycles. The summed E-state index contributed by atoms with van der Waals surface area (Å²) in [5.41, 5.74) is 17.5. The van der Waals surface area contributed by atoms with Crippen molar-refractivity contribution in [3.63, 3.8) is 0 Å². The van der Waals surface area contributed by atoms with Crippen molar-refractivity contribution in [3.05, 3.63) is 345 Å². The topological polar surface area (TPSA) is 185 Å². The van der Waals surface area contributed by atoms with Crippen molar-refractivity contribution in [2.24, 2.45) is 0 Å². The first-order valence-electron chi connectivity index (χ1n) is 34.4. The van der Waals surface area contributed by atoms with Crippen molar-refractivity contribution in [3.8, 4) is 114 Å². The van der Waals surface area contributed by atoms with Crippen molar-refractivity contribution in [1.29, 1.82) is 21.0 Å². The van der Waals surface area contributed by atoms with E-state index in [4.69, 9.17) is 31.0 Å². The van der Waals surface area contributed by atoms with Crippen LogP contribution in [0.2, 0.25) is 0 Å². The summed E-state index contributed by atoms with van der Waals surface area (Å²) < 4.78 is 10.3. The normalized spacial score (nSPS) is 10.9. The minimum absolute atomic E-state index is 0.394. The fourth-order valence-electron chi connectivity index (χ4n) is 13.2. The molecule has 11 nitrogen and oxygen atoms in total. The Morgan fingerprint density at radius 3 is 1.10 bits per heavy atom. The lowest BCUT2D eigenvalue weighted by Crippen LogP contribution is -1.89. The molecule has 0 amide bonds. The van der Waals surface area contributed by atoms with Crippen LogP contribution in [0.1, 0.15) is 22.4 Å². The van der Waals surface area contributed by atoms with Crippen LogP contribution in [0, 0.1) is 45.3 Å². The van der Waals surface area contributed by atoms with E-state index in [1.807, 2.05) is 107 Å². The summed E-state index contributed by atoms with van der Waals surface area (Å²) in [5.74, 6) is 0. The predicted molar refractivity (Wildman–Crippen MR) is 444 cm³/mol. The number of aromatic nitrogens is 7. The molecule has 0 saturated carbocycles. The number of pyridine rings is 7. The second kappa shape index (κ2) is 29.9. The van der Waals surface area contributed by atoms with Gasteiger partial charge in [-0.05, 0) is 168 Å². The maximum atomic E-state index is 9.15. The van der Waals surface area contributed by atoms with E-state index in [0.717, 1.165) is 73.1 Å². The van der Waals surface area contributed by atoms with Crippen molar-refractivity contribution in [2.75, 3.05) is 0 Å². The summed E-state index contributed by atoms with van der Waals surface area (Å²) in [5, 5.41) is 46.5. The third-order valence-electron chi connectivity index (χ3n) is 18.6. The van der Waals surface area contributed by atoms with Crippen molar-refractivity contribution >= 4 is 126 Å². The number of nitrogens with zero attached hydrogens (tertiary/aromatic N) is 11. The van der Waals surface area contributed by atoms with E-state index in [-0.39, 0.29) is 0 Å². The highest BCUT2D eigenvalue weighted by molar-refractivity contribution is 7.27. The molecule has 0 bridgehead atoms. The van der Waals surface area contributed by atoms with Crippen LogP contribution in [0.5, 0.6) is 0 Å². The Labute approximate surface area is 636 Å². The lowest BCUT2D eigenvalue weighted by molar-refractivity contribution is 1.24. The van der Waals surface area contributed by atoms with Gasteiger partial charge in [-0.3, -0.25) is 19.9 Å². The summed E-state index contributed by atoms with van der Waals surface area (Å²) in [4.78, 5) is 31.1. The highest BCUT2D eigenvalue weighted by Gasteiger charge is 2.15. The van der Waals surface area contributed by atoms with Gasteiger partial charge in [-0.1, -0.05) is 133 Å². The molecule has 20 rings (SSSR count). The molecule has 0 spiro atoms. The second-order valence-electron chi connectivity index (χ2n) is 25.3. The molecule has 20 aromatic rings. The highest BCUT2D eigenvalue weighted by Crippen LogP contribution is 2.42. The largest absolute Gasteiger partial charge is 0.263 e. The Morgan fingerprint density at radius 2 is 0.611 bits per heavy atom. The smallest absolute Gasteiger partial charge is 0.141 e. The van der Waals surface area contributed by atoms with Crippen LogP contribution in [0.15, 0.2) is 322 Å². The maximum absolute atomic E-state index is 9.15. The van der Waals surface area contributed by atoms with Crippen LogP contribution in [0.3, 0.4) is 0 Å². The highest BCUT2D eigenvalue weighted by atomic mass is 32.1. The van der Waals surface area contributed by atoms with Crippen molar-refractivity contribution in [1.82, 2.24) is 34.9 Å². The fraction of sp³-hybridized carbons (Fsp3) is 0. The minimum atomic E-state index is 0.394. The Balaban J connectivity index is 0.000000105. The summed E-state index contributed by atoms with van der Waals surface area (Å²) in [7, 11) is 0. The molecule has 0 radical (unpaired) electrons. The van der Waals surface area contributed by atoms with Crippen LogP contribution in [-0.2, 0) is 0 Å². The quantitative estimate of drug-likeness (QED) is 0.141. The van der Waals surface area contributed by atoms with E-state index < -0.39 is 0 Å². The average Bonchev–Trinajstić information content (AvgIpc) is 1.67. The van der Waals surface area contributed by atoms with E-state index in [9.17, 15) is 0 Å². The van der Waals surface area contributed by atoms with Crippen LogP contribution in [-0.4, -0.2) is 34.9 Å². The molecule has 0 aliphatic carbocycles. The Morgan fingerprint density at radius 1 is 0.213 bits per heavy atom. The standard InChI is InChI=1S/C24H14N2S.3C23H13N3S/c25-15-16-10-11-26-22(12-16)19-7-9-24-21(14-19)20-13-18(6-8-23(20)27-24)17-4-2-1-3-5-17;24-12-15-10-17(14-25-13-15)21-6-3-5-20(26-21)16-8-9-23-19(11-16)18-4-1-2-7-22(18)27-23;24-14-17-12-16(10-11-25-17)21-6-3-5-20(26-21)15-8-9-23-19(13-15)18-4-1-2-7-22(18)27-23;24-13-15-9-10-25-21(11-15)20-7-5-17(14-26-20)16-6-8-23-19(12-16)18-3-1-2-4-22(18)27-23/h1-14H;1-11,13-14H;1-13H;1-12,14H. The average molecular weight is 1450 g/mol. The van der Waals surface area contributed by atoms with Crippen molar-refractivity contribution < 1.29 is 0 Å². The first-order chi connectivity index (χ1) is 53.3. The minimum Gasteiger partial charge on any atom is -0.263 e. The number of hydrogen-bond donors (Lipinski definition) is 0. The monoisotopic (exact) mass is 1450 g/mol. The molecule has 0 fully saturated rings. The number of benzene rings is 9. The van der Waals surface area contributed by atoms with Gasteiger partial charge in [0.1, 0.15) is 17.8 Å². The molecular formula is C93H53N11S4. The lowest BCUT2D eigenvalue weighted by Gasteiger charge is -2.06. The third kappa shape index (κ3) is 13.9. The van der Waals surface area contributed by atoms with Gasteiger partial charge in [0, 0.05) is 151 Å². The van der Waals surface area contributed by atoms with E-state index >= 15 is 0 Å². The molecule has 0 saturated heterocycles. The van der Waals surface area contributed by atoms with Gasteiger partial charge in [-0.2, -0.15) is 21.0 Å². The Bertz CT molecular complexity index is 6820. The summed E-state index contributed by atoms with van der Waals surface area (Å²) in [6, 6.07) is 106. The molecule has 0 N–H and O–H groups in total. The van der Waals surface area contributed by atoms with Gasteiger partial charge < -0.3 is 0 Å². The number of thiophene rings is 4. The van der Waals surface area contributed by atoms with E-state index in [1.165, 1.54) is 91.8 Å². The van der Waals surface area contributed by atoms with Gasteiger partial charge in [-0.15, -0.1) is 45.3 Å². The molecule has 0 unspecified atom stereocenters. The summed E-state index contributed by atoms with van der Waals surface area (Å²) >= 11 is 7.24. The molecule has 108 heavy (non-hydrogen) atoms. The number of hydrogen-bond acceptors (Lipinski definition) is 15. The Kier molecular flexibility index (Phi) is 18.6. The molecule has 0 aliphatic heterocycles. The zero-order chi connectivity index (χ0) is 72.9. The SMILES string of the molecule is N#Cc1cc(-c2cccc(-c3ccc4sc5ccccc5c4c3)n2)ccn1.N#Cc1ccnc(-c2ccc(-c3ccc4sc5ccccc5c4c3)cn2)c1.N#Cc1ccnc(-c2ccc3sc4ccc(-c5ccccc5)cc4c3c2)c1.N#Cc1cncc(-c2cccc(-c3ccc4sc5ccccc5c4c3)n2)c1. The molecule has 0 atom stereocenters. The van der Waals surface area contributed by atoms with Gasteiger partial charge in [0.15, 0.2) is 0 Å².